The number of carbonyl (C=O) groups excluding carboxylic acids is 1. The summed E-state index contributed by atoms with van der Waals surface area (Å²) in [4.78, 5) is 44.1. The summed E-state index contributed by atoms with van der Waals surface area (Å²) in [5, 5.41) is 2.75. The summed E-state index contributed by atoms with van der Waals surface area (Å²) in [5.41, 5.74) is 1.22. The number of aryl methyl sites for hydroxylation is 1. The predicted octanol–water partition coefficient (Wildman–Crippen LogP) is 0.951. The summed E-state index contributed by atoms with van der Waals surface area (Å²) in [5.74, 6) is 0.285. The molecule has 8 heteroatoms. The van der Waals surface area contributed by atoms with Crippen molar-refractivity contribution in [1.82, 2.24) is 19.1 Å². The zero-order valence-electron chi connectivity index (χ0n) is 14.3. The fourth-order valence-corrected chi connectivity index (χ4v) is 2.47. The van der Waals surface area contributed by atoms with Gasteiger partial charge in [0.1, 0.15) is 12.4 Å². The van der Waals surface area contributed by atoms with Crippen molar-refractivity contribution >= 4 is 11.6 Å². The van der Waals surface area contributed by atoms with Gasteiger partial charge >= 0.3 is 5.69 Å². The lowest BCUT2D eigenvalue weighted by atomic mass is 10.1. The molecule has 0 fully saturated rings. The Morgan fingerprint density at radius 3 is 2.77 bits per heavy atom. The number of benzene rings is 1. The molecule has 0 aliphatic heterocycles. The number of rotatable bonds is 4. The van der Waals surface area contributed by atoms with Gasteiger partial charge in [0.2, 0.25) is 5.91 Å². The molecule has 0 bridgehead atoms. The molecule has 3 aromatic rings. The quantitative estimate of drug-likeness (QED) is 0.754. The molecule has 132 valence electrons. The van der Waals surface area contributed by atoms with E-state index in [0.29, 0.717) is 11.5 Å². The number of hydrogen-bond acceptors (Lipinski definition) is 5. The first-order valence-corrected chi connectivity index (χ1v) is 7.90. The third kappa shape index (κ3) is 3.75. The van der Waals surface area contributed by atoms with Crippen molar-refractivity contribution in [3.63, 3.8) is 0 Å². The Hall–Kier alpha value is -3.55. The average Bonchev–Trinajstić information content (AvgIpc) is 2.62. The van der Waals surface area contributed by atoms with Crippen molar-refractivity contribution in [3.8, 4) is 11.3 Å². The fraction of sp³-hybridized carbons (Fsp3) is 0.167. The lowest BCUT2D eigenvalue weighted by Crippen LogP contribution is -2.38. The number of anilines is 1. The van der Waals surface area contributed by atoms with E-state index in [2.05, 4.69) is 15.3 Å². The second kappa shape index (κ2) is 7.14. The number of nitrogens with zero attached hydrogens (tertiary/aromatic N) is 4. The summed E-state index contributed by atoms with van der Waals surface area (Å²) in [7, 11) is 1.37. The third-order valence-corrected chi connectivity index (χ3v) is 3.79. The summed E-state index contributed by atoms with van der Waals surface area (Å²) in [6, 6.07) is 10.3. The average molecular weight is 351 g/mol. The Morgan fingerprint density at radius 1 is 1.19 bits per heavy atom. The fourth-order valence-electron chi connectivity index (χ4n) is 2.47. The van der Waals surface area contributed by atoms with Crippen LogP contribution in [0, 0.1) is 6.92 Å². The molecule has 0 saturated carbocycles. The molecular weight excluding hydrogens is 334 g/mol. The SMILES string of the molecule is Cc1nccc(-c2cccc(NC(=O)Cn3ccc(=O)n(C)c3=O)c2)n1. The van der Waals surface area contributed by atoms with Crippen LogP contribution < -0.4 is 16.6 Å². The van der Waals surface area contributed by atoms with Gasteiger partial charge in [0, 0.05) is 36.8 Å². The Kier molecular flexibility index (Phi) is 4.74. The van der Waals surface area contributed by atoms with Crippen molar-refractivity contribution in [2.45, 2.75) is 13.5 Å². The maximum atomic E-state index is 12.2. The molecule has 0 aliphatic carbocycles. The molecule has 0 radical (unpaired) electrons. The lowest BCUT2D eigenvalue weighted by Gasteiger charge is -2.09. The minimum Gasteiger partial charge on any atom is -0.325 e. The molecule has 0 spiro atoms. The highest BCUT2D eigenvalue weighted by molar-refractivity contribution is 5.91. The summed E-state index contributed by atoms with van der Waals surface area (Å²) in [6.45, 7) is 1.61. The summed E-state index contributed by atoms with van der Waals surface area (Å²) in [6.07, 6.45) is 2.99. The molecule has 3 rings (SSSR count). The Labute approximate surface area is 148 Å². The number of amides is 1. The van der Waals surface area contributed by atoms with Gasteiger partial charge in [-0.15, -0.1) is 0 Å². The summed E-state index contributed by atoms with van der Waals surface area (Å²) >= 11 is 0. The molecular formula is C18H17N5O3. The van der Waals surface area contributed by atoms with E-state index in [1.54, 1.807) is 37.4 Å². The van der Waals surface area contributed by atoms with Crippen molar-refractivity contribution in [3.05, 3.63) is 75.5 Å². The van der Waals surface area contributed by atoms with E-state index < -0.39 is 11.2 Å². The molecule has 1 amide bonds. The molecule has 0 atom stereocenters. The van der Waals surface area contributed by atoms with Gasteiger partial charge in [0.15, 0.2) is 0 Å². The van der Waals surface area contributed by atoms with Crippen LogP contribution >= 0.6 is 0 Å². The Morgan fingerprint density at radius 2 is 2.00 bits per heavy atom. The highest BCUT2D eigenvalue weighted by Crippen LogP contribution is 2.20. The monoisotopic (exact) mass is 351 g/mol. The van der Waals surface area contributed by atoms with E-state index >= 15 is 0 Å². The maximum absolute atomic E-state index is 12.2. The highest BCUT2D eigenvalue weighted by Gasteiger charge is 2.08. The van der Waals surface area contributed by atoms with Crippen LogP contribution in [-0.4, -0.2) is 25.0 Å². The molecule has 26 heavy (non-hydrogen) atoms. The van der Waals surface area contributed by atoms with Gasteiger partial charge in [0.25, 0.3) is 5.56 Å². The first-order valence-electron chi connectivity index (χ1n) is 7.90. The van der Waals surface area contributed by atoms with Crippen molar-refractivity contribution in [1.29, 1.82) is 0 Å². The van der Waals surface area contributed by atoms with Crippen LogP contribution in [0.3, 0.4) is 0 Å². The van der Waals surface area contributed by atoms with Crippen molar-refractivity contribution in [2.24, 2.45) is 7.05 Å². The normalized spacial score (nSPS) is 10.5. The van der Waals surface area contributed by atoms with Crippen molar-refractivity contribution in [2.75, 3.05) is 5.32 Å². The molecule has 0 saturated heterocycles. The van der Waals surface area contributed by atoms with Gasteiger partial charge in [-0.05, 0) is 25.1 Å². The van der Waals surface area contributed by atoms with Crippen LogP contribution in [0.4, 0.5) is 5.69 Å². The van der Waals surface area contributed by atoms with Gasteiger partial charge in [-0.2, -0.15) is 0 Å². The molecule has 1 aromatic carbocycles. The minimum atomic E-state index is -0.544. The van der Waals surface area contributed by atoms with Gasteiger partial charge in [0.05, 0.1) is 5.69 Å². The van der Waals surface area contributed by atoms with E-state index in [9.17, 15) is 14.4 Å². The van der Waals surface area contributed by atoms with Crippen LogP contribution in [0.25, 0.3) is 11.3 Å². The topological polar surface area (TPSA) is 98.9 Å². The van der Waals surface area contributed by atoms with E-state index in [1.807, 2.05) is 6.07 Å². The van der Waals surface area contributed by atoms with Crippen LogP contribution in [0.1, 0.15) is 5.82 Å². The minimum absolute atomic E-state index is 0.191. The highest BCUT2D eigenvalue weighted by atomic mass is 16.2. The summed E-state index contributed by atoms with van der Waals surface area (Å²) < 4.78 is 2.12. The van der Waals surface area contributed by atoms with Gasteiger partial charge in [-0.25, -0.2) is 14.8 Å². The van der Waals surface area contributed by atoms with E-state index in [1.165, 1.54) is 23.9 Å². The van der Waals surface area contributed by atoms with E-state index in [-0.39, 0.29) is 12.5 Å². The number of hydrogen-bond donors (Lipinski definition) is 1. The predicted molar refractivity (Wildman–Crippen MR) is 96.8 cm³/mol. The second-order valence-corrected chi connectivity index (χ2v) is 5.74. The first kappa shape index (κ1) is 17.3. The first-order chi connectivity index (χ1) is 12.4. The molecule has 2 aromatic heterocycles. The van der Waals surface area contributed by atoms with Crippen molar-refractivity contribution < 1.29 is 4.79 Å². The molecule has 2 heterocycles. The van der Waals surface area contributed by atoms with E-state index in [0.717, 1.165) is 15.8 Å². The maximum Gasteiger partial charge on any atom is 0.331 e. The smallest absolute Gasteiger partial charge is 0.325 e. The molecule has 0 aliphatic rings. The van der Waals surface area contributed by atoms with Gasteiger partial charge < -0.3 is 5.32 Å². The second-order valence-electron chi connectivity index (χ2n) is 5.74. The molecule has 1 N–H and O–H groups in total. The number of nitrogens with one attached hydrogen (secondary N) is 1. The molecule has 0 unspecified atom stereocenters. The molecule has 8 nitrogen and oxygen atoms in total. The number of aromatic nitrogens is 4. The zero-order valence-corrected chi connectivity index (χ0v) is 14.3. The third-order valence-electron chi connectivity index (χ3n) is 3.79. The zero-order chi connectivity index (χ0) is 18.7. The largest absolute Gasteiger partial charge is 0.331 e. The number of carbonyl (C=O) groups is 1. The van der Waals surface area contributed by atoms with Crippen LogP contribution in [0.15, 0.2) is 58.4 Å². The Balaban J connectivity index is 1.78. The van der Waals surface area contributed by atoms with Gasteiger partial charge in [-0.3, -0.25) is 18.7 Å². The van der Waals surface area contributed by atoms with Gasteiger partial charge in [-0.1, -0.05) is 12.1 Å². The standard InChI is InChI=1S/C18H17N5O3/c1-12-19-8-6-15(20-12)13-4-3-5-14(10-13)21-16(24)11-23-9-7-17(25)22(2)18(23)26/h3-10H,11H2,1-2H3,(H,21,24). The van der Waals surface area contributed by atoms with Crippen LogP contribution in [0.5, 0.6) is 0 Å². The van der Waals surface area contributed by atoms with E-state index in [4.69, 9.17) is 0 Å². The van der Waals surface area contributed by atoms with Crippen LogP contribution in [0.2, 0.25) is 0 Å². The lowest BCUT2D eigenvalue weighted by molar-refractivity contribution is -0.116. The van der Waals surface area contributed by atoms with Crippen LogP contribution in [-0.2, 0) is 18.4 Å². The Bertz CT molecular complexity index is 1080.